The summed E-state index contributed by atoms with van der Waals surface area (Å²) >= 11 is 0. The summed E-state index contributed by atoms with van der Waals surface area (Å²) in [5.41, 5.74) is 0.375. The Morgan fingerprint density at radius 3 is 2.90 bits per heavy atom. The van der Waals surface area contributed by atoms with E-state index in [0.29, 0.717) is 10.9 Å². The van der Waals surface area contributed by atoms with E-state index in [0.717, 1.165) is 31.9 Å². The van der Waals surface area contributed by atoms with Crippen molar-refractivity contribution in [2.75, 3.05) is 6.54 Å². The summed E-state index contributed by atoms with van der Waals surface area (Å²) in [4.78, 5) is 18.3. The maximum absolute atomic E-state index is 13.6. The molecule has 21 heavy (non-hydrogen) atoms. The number of fused-ring (bicyclic) bond motifs is 1. The second kappa shape index (κ2) is 5.39. The molecular weight excluding hydrogens is 274 g/mol. The SMILES string of the molecule is CC1CCCCN1C(=O)c1cnc2c(F)c(F)ccc2c1. The minimum atomic E-state index is -0.974. The summed E-state index contributed by atoms with van der Waals surface area (Å²) in [6.07, 6.45) is 4.45. The van der Waals surface area contributed by atoms with E-state index in [-0.39, 0.29) is 17.5 Å². The van der Waals surface area contributed by atoms with E-state index in [4.69, 9.17) is 0 Å². The van der Waals surface area contributed by atoms with Gasteiger partial charge >= 0.3 is 0 Å². The Labute approximate surface area is 121 Å². The van der Waals surface area contributed by atoms with Gasteiger partial charge in [-0.2, -0.15) is 0 Å². The number of halogens is 2. The molecule has 5 heteroatoms. The van der Waals surface area contributed by atoms with Gasteiger partial charge in [0.2, 0.25) is 0 Å². The van der Waals surface area contributed by atoms with Crippen LogP contribution in [-0.4, -0.2) is 28.4 Å². The minimum Gasteiger partial charge on any atom is -0.336 e. The largest absolute Gasteiger partial charge is 0.336 e. The summed E-state index contributed by atoms with van der Waals surface area (Å²) < 4.78 is 26.8. The maximum Gasteiger partial charge on any atom is 0.255 e. The molecule has 0 aliphatic carbocycles. The highest BCUT2D eigenvalue weighted by Gasteiger charge is 2.24. The van der Waals surface area contributed by atoms with Gasteiger partial charge in [-0.1, -0.05) is 0 Å². The van der Waals surface area contributed by atoms with Crippen molar-refractivity contribution < 1.29 is 13.6 Å². The number of benzene rings is 1. The van der Waals surface area contributed by atoms with Gasteiger partial charge in [0.1, 0.15) is 5.52 Å². The number of carbonyl (C=O) groups is 1. The van der Waals surface area contributed by atoms with E-state index in [2.05, 4.69) is 4.98 Å². The molecule has 0 N–H and O–H groups in total. The minimum absolute atomic E-state index is 0.0433. The van der Waals surface area contributed by atoms with Gasteiger partial charge in [-0.15, -0.1) is 0 Å². The lowest BCUT2D eigenvalue weighted by atomic mass is 10.0. The Bertz CT molecular complexity index is 702. The summed E-state index contributed by atoms with van der Waals surface area (Å²) in [7, 11) is 0. The second-order valence-corrected chi connectivity index (χ2v) is 5.50. The molecule has 1 aromatic carbocycles. The second-order valence-electron chi connectivity index (χ2n) is 5.50. The van der Waals surface area contributed by atoms with Crippen LogP contribution in [0.15, 0.2) is 24.4 Å². The number of pyridine rings is 1. The molecule has 2 aromatic rings. The molecule has 1 aliphatic rings. The first-order valence-electron chi connectivity index (χ1n) is 7.12. The number of likely N-dealkylation sites (tertiary alicyclic amines) is 1. The fourth-order valence-corrected chi connectivity index (χ4v) is 2.82. The van der Waals surface area contributed by atoms with Gasteiger partial charge in [-0.05, 0) is 44.4 Å². The Kier molecular flexibility index (Phi) is 3.57. The van der Waals surface area contributed by atoms with Crippen LogP contribution in [0.3, 0.4) is 0 Å². The van der Waals surface area contributed by atoms with Crippen molar-refractivity contribution >= 4 is 16.8 Å². The molecule has 1 atom stereocenters. The van der Waals surface area contributed by atoms with E-state index in [9.17, 15) is 13.6 Å². The number of amides is 1. The molecule has 0 spiro atoms. The molecule has 3 nitrogen and oxygen atoms in total. The zero-order chi connectivity index (χ0) is 15.0. The van der Waals surface area contributed by atoms with Crippen LogP contribution in [0.4, 0.5) is 8.78 Å². The van der Waals surface area contributed by atoms with Crippen LogP contribution in [0.25, 0.3) is 10.9 Å². The highest BCUT2D eigenvalue weighted by atomic mass is 19.2. The lowest BCUT2D eigenvalue weighted by Crippen LogP contribution is -2.42. The molecule has 0 radical (unpaired) electrons. The van der Waals surface area contributed by atoms with Crippen molar-refractivity contribution in [2.45, 2.75) is 32.2 Å². The summed E-state index contributed by atoms with van der Waals surface area (Å²) in [6.45, 7) is 2.76. The van der Waals surface area contributed by atoms with E-state index in [1.165, 1.54) is 12.3 Å². The molecule has 1 amide bonds. The molecule has 1 fully saturated rings. The van der Waals surface area contributed by atoms with Gasteiger partial charge in [0, 0.05) is 24.2 Å². The number of piperidine rings is 1. The zero-order valence-corrected chi connectivity index (χ0v) is 11.8. The summed E-state index contributed by atoms with van der Waals surface area (Å²) in [5, 5.41) is 0.435. The number of hydrogen-bond acceptors (Lipinski definition) is 2. The first-order chi connectivity index (χ1) is 10.1. The van der Waals surface area contributed by atoms with Gasteiger partial charge in [-0.25, -0.2) is 8.78 Å². The average Bonchev–Trinajstić information content (AvgIpc) is 2.50. The smallest absolute Gasteiger partial charge is 0.255 e. The standard InChI is InChI=1S/C16H16F2N2O/c1-10-4-2-3-7-20(10)16(21)12-8-11-5-6-13(17)14(18)15(11)19-9-12/h5-6,8-10H,2-4,7H2,1H3. The van der Waals surface area contributed by atoms with Crippen LogP contribution in [0.1, 0.15) is 36.5 Å². The number of aromatic nitrogens is 1. The molecule has 1 saturated heterocycles. The zero-order valence-electron chi connectivity index (χ0n) is 11.8. The average molecular weight is 290 g/mol. The van der Waals surface area contributed by atoms with Gasteiger partial charge < -0.3 is 4.90 Å². The predicted octanol–water partition coefficient (Wildman–Crippen LogP) is 3.53. The van der Waals surface area contributed by atoms with E-state index < -0.39 is 11.6 Å². The number of nitrogens with zero attached hydrogens (tertiary/aromatic N) is 2. The predicted molar refractivity (Wildman–Crippen MR) is 76.0 cm³/mol. The van der Waals surface area contributed by atoms with Crippen LogP contribution in [-0.2, 0) is 0 Å². The van der Waals surface area contributed by atoms with Crippen molar-refractivity contribution in [3.63, 3.8) is 0 Å². The highest BCUT2D eigenvalue weighted by molar-refractivity contribution is 5.97. The molecular formula is C16H16F2N2O. The molecule has 1 aromatic heterocycles. The van der Waals surface area contributed by atoms with E-state index >= 15 is 0 Å². The lowest BCUT2D eigenvalue weighted by molar-refractivity contribution is 0.0635. The number of carbonyl (C=O) groups excluding carboxylic acids is 1. The summed E-state index contributed by atoms with van der Waals surface area (Å²) in [5.74, 6) is -2.00. The van der Waals surface area contributed by atoms with E-state index in [1.807, 2.05) is 11.8 Å². The normalized spacial score (nSPS) is 19.0. The first kappa shape index (κ1) is 13.9. The van der Waals surface area contributed by atoms with Crippen LogP contribution in [0, 0.1) is 11.6 Å². The van der Waals surface area contributed by atoms with Crippen LogP contribution in [0.5, 0.6) is 0 Å². The molecule has 110 valence electrons. The van der Waals surface area contributed by atoms with Crippen LogP contribution < -0.4 is 0 Å². The summed E-state index contributed by atoms with van der Waals surface area (Å²) in [6, 6.07) is 4.27. The van der Waals surface area contributed by atoms with E-state index in [1.54, 1.807) is 6.07 Å². The van der Waals surface area contributed by atoms with Crippen molar-refractivity contribution in [3.05, 3.63) is 41.6 Å². The van der Waals surface area contributed by atoms with Crippen molar-refractivity contribution in [1.29, 1.82) is 0 Å². The van der Waals surface area contributed by atoms with Crippen molar-refractivity contribution in [3.8, 4) is 0 Å². The quantitative estimate of drug-likeness (QED) is 0.805. The Balaban J connectivity index is 1.97. The first-order valence-corrected chi connectivity index (χ1v) is 7.12. The third-order valence-electron chi connectivity index (χ3n) is 4.05. The Morgan fingerprint density at radius 2 is 2.14 bits per heavy atom. The maximum atomic E-state index is 13.6. The van der Waals surface area contributed by atoms with Crippen LogP contribution >= 0.6 is 0 Å². The third kappa shape index (κ3) is 2.48. The van der Waals surface area contributed by atoms with Gasteiger partial charge in [0.25, 0.3) is 5.91 Å². The monoisotopic (exact) mass is 290 g/mol. The molecule has 2 heterocycles. The molecule has 0 saturated carbocycles. The molecule has 1 unspecified atom stereocenters. The highest BCUT2D eigenvalue weighted by Crippen LogP contribution is 2.22. The lowest BCUT2D eigenvalue weighted by Gasteiger charge is -2.33. The van der Waals surface area contributed by atoms with Gasteiger partial charge in [-0.3, -0.25) is 9.78 Å². The number of hydrogen-bond donors (Lipinski definition) is 0. The van der Waals surface area contributed by atoms with Crippen LogP contribution in [0.2, 0.25) is 0 Å². The van der Waals surface area contributed by atoms with Gasteiger partial charge in [0.05, 0.1) is 5.56 Å². The fourth-order valence-electron chi connectivity index (χ4n) is 2.82. The molecule has 3 rings (SSSR count). The molecule has 1 aliphatic heterocycles. The molecule has 0 bridgehead atoms. The Morgan fingerprint density at radius 1 is 1.33 bits per heavy atom. The Hall–Kier alpha value is -2.04. The number of rotatable bonds is 1. The fraction of sp³-hybridized carbons (Fsp3) is 0.375. The van der Waals surface area contributed by atoms with Crippen molar-refractivity contribution in [1.82, 2.24) is 9.88 Å². The van der Waals surface area contributed by atoms with Gasteiger partial charge in [0.15, 0.2) is 11.6 Å². The third-order valence-corrected chi connectivity index (χ3v) is 4.05. The topological polar surface area (TPSA) is 33.2 Å². The van der Waals surface area contributed by atoms with Crippen molar-refractivity contribution in [2.24, 2.45) is 0 Å².